The molecule has 154 valence electrons. The average Bonchev–Trinajstić information content (AvgIpc) is 3.39. The molecule has 4 atom stereocenters. The van der Waals surface area contributed by atoms with Gasteiger partial charge in [-0.05, 0) is 43.2 Å². The summed E-state index contributed by atoms with van der Waals surface area (Å²) in [5.41, 5.74) is 0.634. The highest BCUT2D eigenvalue weighted by atomic mass is 19.1. The molecular weight excluding hydrogens is 371 g/mol. The van der Waals surface area contributed by atoms with Crippen molar-refractivity contribution in [2.45, 2.75) is 19.8 Å². The fourth-order valence-corrected chi connectivity index (χ4v) is 4.80. The van der Waals surface area contributed by atoms with Crippen molar-refractivity contribution >= 4 is 17.8 Å². The topological polar surface area (TPSA) is 73.8 Å². The highest BCUT2D eigenvalue weighted by Gasteiger charge is 2.58. The zero-order valence-corrected chi connectivity index (χ0v) is 16.6. The van der Waals surface area contributed by atoms with Crippen molar-refractivity contribution in [2.24, 2.45) is 28.7 Å². The number of imide groups is 1. The van der Waals surface area contributed by atoms with Gasteiger partial charge in [0.25, 0.3) is 0 Å². The number of amides is 2. The number of aliphatic imine (C=N–C) groups is 1. The molecule has 1 aromatic rings. The van der Waals surface area contributed by atoms with Gasteiger partial charge < -0.3 is 10.6 Å². The van der Waals surface area contributed by atoms with E-state index in [1.165, 1.54) is 11.0 Å². The molecule has 1 aliphatic heterocycles. The van der Waals surface area contributed by atoms with E-state index in [1.807, 2.05) is 13.0 Å². The van der Waals surface area contributed by atoms with Crippen LogP contribution in [-0.2, 0) is 16.0 Å². The van der Waals surface area contributed by atoms with Gasteiger partial charge in [0.15, 0.2) is 5.96 Å². The second-order valence-corrected chi connectivity index (χ2v) is 7.86. The van der Waals surface area contributed by atoms with Gasteiger partial charge in [-0.15, -0.1) is 0 Å². The number of allylic oxidation sites excluding steroid dienone is 2. The molecule has 2 bridgehead atoms. The number of hydrogen-bond donors (Lipinski definition) is 2. The molecule has 6 nitrogen and oxygen atoms in total. The maximum Gasteiger partial charge on any atom is 0.233 e. The molecule has 29 heavy (non-hydrogen) atoms. The van der Waals surface area contributed by atoms with E-state index in [1.54, 1.807) is 12.1 Å². The Labute approximate surface area is 170 Å². The molecule has 1 heterocycles. The summed E-state index contributed by atoms with van der Waals surface area (Å²) in [4.78, 5) is 31.3. The van der Waals surface area contributed by atoms with Crippen molar-refractivity contribution < 1.29 is 14.0 Å². The first-order valence-electron chi connectivity index (χ1n) is 10.4. The maximum atomic E-state index is 13.7. The van der Waals surface area contributed by atoms with E-state index in [-0.39, 0.29) is 41.3 Å². The van der Waals surface area contributed by atoms with Gasteiger partial charge in [-0.1, -0.05) is 30.4 Å². The number of benzene rings is 1. The van der Waals surface area contributed by atoms with Crippen molar-refractivity contribution in [3.63, 3.8) is 0 Å². The normalized spacial score (nSPS) is 27.7. The van der Waals surface area contributed by atoms with Gasteiger partial charge in [0.1, 0.15) is 5.82 Å². The molecule has 2 aliphatic carbocycles. The highest BCUT2D eigenvalue weighted by molar-refractivity contribution is 6.06. The van der Waals surface area contributed by atoms with Crippen LogP contribution in [0.2, 0.25) is 0 Å². The van der Waals surface area contributed by atoms with Crippen LogP contribution in [-0.4, -0.2) is 48.9 Å². The average molecular weight is 398 g/mol. The molecule has 1 saturated carbocycles. The second-order valence-electron chi connectivity index (χ2n) is 7.86. The minimum Gasteiger partial charge on any atom is -0.357 e. The Balaban J connectivity index is 1.29. The molecule has 1 aromatic carbocycles. The summed E-state index contributed by atoms with van der Waals surface area (Å²) < 4.78 is 13.7. The summed E-state index contributed by atoms with van der Waals surface area (Å²) in [5, 5.41) is 6.32. The van der Waals surface area contributed by atoms with Gasteiger partial charge in [0, 0.05) is 26.2 Å². The lowest BCUT2D eigenvalue weighted by Gasteiger charge is -2.18. The minimum atomic E-state index is -0.222. The summed E-state index contributed by atoms with van der Waals surface area (Å²) in [7, 11) is 0. The van der Waals surface area contributed by atoms with E-state index in [0.29, 0.717) is 44.1 Å². The molecule has 2 amide bonds. The molecule has 0 spiro atoms. The van der Waals surface area contributed by atoms with Crippen LogP contribution in [0.25, 0.3) is 0 Å². The van der Waals surface area contributed by atoms with E-state index in [9.17, 15) is 14.0 Å². The Bertz CT molecular complexity index is 823. The zero-order chi connectivity index (χ0) is 20.4. The van der Waals surface area contributed by atoms with Crippen LogP contribution in [0.3, 0.4) is 0 Å². The highest BCUT2D eigenvalue weighted by Crippen LogP contribution is 2.52. The number of carbonyl (C=O) groups excluding carboxylic acids is 2. The monoisotopic (exact) mass is 398 g/mol. The SMILES string of the molecule is CCNC(=NCCc1ccccc1F)NCCN1C(=O)C2C3C=CC(C3)C2C1=O. The van der Waals surface area contributed by atoms with E-state index in [2.05, 4.69) is 27.8 Å². The standard InChI is InChI=1S/C22H27FN4O2/c1-2-24-22(25-10-9-14-5-3-4-6-17(14)23)26-11-12-27-20(28)18-15-7-8-16(13-15)19(18)21(27)29/h3-8,15-16,18-19H,2,9-13H2,1H3,(H2,24,25,26). The number of halogens is 1. The van der Waals surface area contributed by atoms with Crippen LogP contribution >= 0.6 is 0 Å². The third kappa shape index (κ3) is 3.78. The maximum absolute atomic E-state index is 13.7. The number of rotatable bonds is 7. The molecule has 3 aliphatic rings. The Morgan fingerprint density at radius 2 is 1.83 bits per heavy atom. The molecule has 2 fully saturated rings. The van der Waals surface area contributed by atoms with Gasteiger partial charge in [-0.3, -0.25) is 19.5 Å². The Morgan fingerprint density at radius 3 is 2.48 bits per heavy atom. The Hall–Kier alpha value is -2.70. The second kappa shape index (κ2) is 8.35. The zero-order valence-electron chi connectivity index (χ0n) is 16.6. The molecule has 7 heteroatoms. The van der Waals surface area contributed by atoms with Crippen LogP contribution in [0.15, 0.2) is 41.4 Å². The smallest absolute Gasteiger partial charge is 0.233 e. The fourth-order valence-electron chi connectivity index (χ4n) is 4.80. The predicted octanol–water partition coefficient (Wildman–Crippen LogP) is 1.73. The number of fused-ring (bicyclic) bond motifs is 5. The lowest BCUT2D eigenvalue weighted by atomic mass is 9.85. The predicted molar refractivity (Wildman–Crippen MR) is 109 cm³/mol. The number of hydrogen-bond acceptors (Lipinski definition) is 3. The van der Waals surface area contributed by atoms with E-state index in [4.69, 9.17) is 0 Å². The van der Waals surface area contributed by atoms with Crippen LogP contribution in [0.5, 0.6) is 0 Å². The molecule has 0 radical (unpaired) electrons. The number of guanidine groups is 1. The van der Waals surface area contributed by atoms with Crippen LogP contribution in [0.4, 0.5) is 4.39 Å². The summed E-state index contributed by atoms with van der Waals surface area (Å²) in [6.07, 6.45) is 5.65. The summed E-state index contributed by atoms with van der Waals surface area (Å²) >= 11 is 0. The van der Waals surface area contributed by atoms with Gasteiger partial charge in [0.2, 0.25) is 11.8 Å². The lowest BCUT2D eigenvalue weighted by Crippen LogP contribution is -2.43. The number of carbonyl (C=O) groups is 2. The summed E-state index contributed by atoms with van der Waals surface area (Å²) in [6.45, 7) is 3.86. The first-order valence-corrected chi connectivity index (χ1v) is 10.4. The Kier molecular flexibility index (Phi) is 5.65. The minimum absolute atomic E-state index is 0.0276. The fraction of sp³-hybridized carbons (Fsp3) is 0.500. The molecule has 4 unspecified atom stereocenters. The molecule has 4 rings (SSSR count). The largest absolute Gasteiger partial charge is 0.357 e. The third-order valence-corrected chi connectivity index (χ3v) is 6.14. The van der Waals surface area contributed by atoms with Crippen LogP contribution in [0.1, 0.15) is 18.9 Å². The summed E-state index contributed by atoms with van der Waals surface area (Å²) in [6, 6.07) is 6.69. The van der Waals surface area contributed by atoms with E-state index < -0.39 is 0 Å². The quantitative estimate of drug-likeness (QED) is 0.318. The molecule has 1 saturated heterocycles. The van der Waals surface area contributed by atoms with Crippen molar-refractivity contribution in [1.82, 2.24) is 15.5 Å². The van der Waals surface area contributed by atoms with Gasteiger partial charge >= 0.3 is 0 Å². The Morgan fingerprint density at radius 1 is 1.14 bits per heavy atom. The van der Waals surface area contributed by atoms with Crippen LogP contribution in [0, 0.1) is 29.5 Å². The number of nitrogens with zero attached hydrogens (tertiary/aromatic N) is 2. The van der Waals surface area contributed by atoms with Gasteiger partial charge in [-0.25, -0.2) is 4.39 Å². The number of nitrogens with one attached hydrogen (secondary N) is 2. The van der Waals surface area contributed by atoms with Crippen molar-refractivity contribution in [3.8, 4) is 0 Å². The molecule has 0 aromatic heterocycles. The van der Waals surface area contributed by atoms with Crippen molar-refractivity contribution in [2.75, 3.05) is 26.2 Å². The first-order chi connectivity index (χ1) is 14.1. The van der Waals surface area contributed by atoms with Crippen LogP contribution < -0.4 is 10.6 Å². The first kappa shape index (κ1) is 19.6. The number of likely N-dealkylation sites (tertiary alicyclic amines) is 1. The molecule has 2 N–H and O–H groups in total. The lowest BCUT2D eigenvalue weighted by molar-refractivity contribution is -0.140. The van der Waals surface area contributed by atoms with Gasteiger partial charge in [-0.2, -0.15) is 0 Å². The summed E-state index contributed by atoms with van der Waals surface area (Å²) in [5.74, 6) is 0.486. The van der Waals surface area contributed by atoms with E-state index >= 15 is 0 Å². The van der Waals surface area contributed by atoms with Crippen molar-refractivity contribution in [3.05, 3.63) is 47.8 Å². The third-order valence-electron chi connectivity index (χ3n) is 6.14. The molecular formula is C22H27FN4O2. The van der Waals surface area contributed by atoms with Crippen molar-refractivity contribution in [1.29, 1.82) is 0 Å². The van der Waals surface area contributed by atoms with Gasteiger partial charge in [0.05, 0.1) is 11.8 Å². The van der Waals surface area contributed by atoms with E-state index in [0.717, 1.165) is 6.42 Å².